The van der Waals surface area contributed by atoms with Gasteiger partial charge in [0.25, 0.3) is 0 Å². The normalized spacial score (nSPS) is 20.9. The standard InChI is InChI=1S/C25H28N2/c1-15-8-9-16-12-13-27-21-19(26-22(27)17(16)14-15)11-10-18-20(21)24(4,5)25(6,7)23(18,2)3/h8-14H,1-7H3/i10D,11D. The Morgan fingerprint density at radius 3 is 2.44 bits per heavy atom. The van der Waals surface area contributed by atoms with E-state index in [0.717, 1.165) is 27.5 Å². The van der Waals surface area contributed by atoms with Gasteiger partial charge in [-0.25, -0.2) is 4.98 Å². The summed E-state index contributed by atoms with van der Waals surface area (Å²) in [6.45, 7) is 15.7. The molecule has 2 heteroatoms. The zero-order chi connectivity index (χ0) is 21.1. The number of pyridine rings is 1. The maximum atomic E-state index is 8.90. The van der Waals surface area contributed by atoms with Gasteiger partial charge in [0.05, 0.1) is 13.8 Å². The van der Waals surface area contributed by atoms with E-state index in [4.69, 9.17) is 7.73 Å². The molecule has 0 radical (unpaired) electrons. The van der Waals surface area contributed by atoms with Gasteiger partial charge in [0, 0.05) is 11.6 Å². The molecule has 0 bridgehead atoms. The Morgan fingerprint density at radius 1 is 0.963 bits per heavy atom. The Morgan fingerprint density at radius 2 is 1.70 bits per heavy atom. The average Bonchev–Trinajstić information content (AvgIpc) is 3.07. The van der Waals surface area contributed by atoms with Gasteiger partial charge < -0.3 is 0 Å². The first-order chi connectivity index (χ1) is 13.4. The zero-order valence-electron chi connectivity index (χ0n) is 19.3. The molecule has 2 aromatic heterocycles. The average molecular weight is 359 g/mol. The topological polar surface area (TPSA) is 17.3 Å². The molecule has 1 aliphatic carbocycles. The van der Waals surface area contributed by atoms with Gasteiger partial charge in [0.1, 0.15) is 5.65 Å². The number of hydrogen-bond acceptors (Lipinski definition) is 1. The van der Waals surface area contributed by atoms with Crippen molar-refractivity contribution in [2.75, 3.05) is 0 Å². The van der Waals surface area contributed by atoms with Crippen LogP contribution in [0.15, 0.2) is 42.5 Å². The van der Waals surface area contributed by atoms with Gasteiger partial charge in [0.15, 0.2) is 0 Å². The smallest absolute Gasteiger partial charge is 0.145 e. The monoisotopic (exact) mass is 358 g/mol. The van der Waals surface area contributed by atoms with E-state index in [2.05, 4.69) is 83.3 Å². The molecule has 2 nitrogen and oxygen atoms in total. The summed E-state index contributed by atoms with van der Waals surface area (Å²) in [7, 11) is 0. The summed E-state index contributed by atoms with van der Waals surface area (Å²) >= 11 is 0. The highest BCUT2D eigenvalue weighted by Gasteiger charge is 2.57. The lowest BCUT2D eigenvalue weighted by atomic mass is 9.59. The first-order valence-electron chi connectivity index (χ1n) is 10.8. The van der Waals surface area contributed by atoms with Crippen molar-refractivity contribution in [1.29, 1.82) is 0 Å². The molecule has 0 atom stereocenters. The van der Waals surface area contributed by atoms with Crippen molar-refractivity contribution in [1.82, 2.24) is 9.38 Å². The molecule has 0 saturated heterocycles. The van der Waals surface area contributed by atoms with Crippen LogP contribution in [0.2, 0.25) is 0 Å². The molecular weight excluding hydrogens is 328 g/mol. The van der Waals surface area contributed by atoms with Gasteiger partial charge in [-0.2, -0.15) is 0 Å². The Hall–Kier alpha value is -2.35. The van der Waals surface area contributed by atoms with Crippen molar-refractivity contribution in [3.05, 3.63) is 59.2 Å². The predicted octanol–water partition coefficient (Wildman–Crippen LogP) is 6.54. The lowest BCUT2D eigenvalue weighted by molar-refractivity contribution is 0.125. The molecule has 5 rings (SSSR count). The second-order valence-electron chi connectivity index (χ2n) is 9.78. The van der Waals surface area contributed by atoms with Gasteiger partial charge in [-0.05, 0) is 57.9 Å². The molecule has 138 valence electrons. The fourth-order valence-corrected chi connectivity index (χ4v) is 5.04. The van der Waals surface area contributed by atoms with E-state index >= 15 is 0 Å². The van der Waals surface area contributed by atoms with Gasteiger partial charge in [-0.15, -0.1) is 0 Å². The number of rotatable bonds is 0. The molecule has 0 N–H and O–H groups in total. The molecular formula is C25H28N2. The fourth-order valence-electron chi connectivity index (χ4n) is 5.04. The lowest BCUT2D eigenvalue weighted by Gasteiger charge is -2.44. The van der Waals surface area contributed by atoms with Crippen molar-refractivity contribution < 1.29 is 2.74 Å². The molecule has 0 saturated carbocycles. The molecule has 0 amide bonds. The summed E-state index contributed by atoms with van der Waals surface area (Å²) < 4.78 is 19.9. The Bertz CT molecular complexity index is 1360. The molecule has 0 aliphatic heterocycles. The van der Waals surface area contributed by atoms with Gasteiger partial charge in [0.2, 0.25) is 0 Å². The van der Waals surface area contributed by atoms with Crippen LogP contribution < -0.4 is 0 Å². The second kappa shape index (κ2) is 4.73. The third kappa shape index (κ3) is 1.79. The van der Waals surface area contributed by atoms with E-state index in [1.807, 2.05) is 0 Å². The Kier molecular flexibility index (Phi) is 2.57. The summed E-state index contributed by atoms with van der Waals surface area (Å²) in [5.74, 6) is 0. The van der Waals surface area contributed by atoms with E-state index in [-0.39, 0.29) is 22.3 Å². The number of aryl methyl sites for hydroxylation is 1. The van der Waals surface area contributed by atoms with E-state index in [0.29, 0.717) is 11.6 Å². The molecule has 2 aromatic carbocycles. The molecule has 0 fully saturated rings. The second-order valence-corrected chi connectivity index (χ2v) is 9.78. The van der Waals surface area contributed by atoms with Crippen LogP contribution in [0.4, 0.5) is 0 Å². The van der Waals surface area contributed by atoms with E-state index < -0.39 is 0 Å². The first-order valence-corrected chi connectivity index (χ1v) is 9.76. The molecule has 4 aromatic rings. The number of nitrogens with zero attached hydrogens (tertiary/aromatic N) is 2. The van der Waals surface area contributed by atoms with Crippen LogP contribution in [0.3, 0.4) is 0 Å². The van der Waals surface area contributed by atoms with Crippen LogP contribution in [-0.4, -0.2) is 9.38 Å². The summed E-state index contributed by atoms with van der Waals surface area (Å²) in [4.78, 5) is 4.94. The van der Waals surface area contributed by atoms with E-state index in [1.54, 1.807) is 0 Å². The maximum Gasteiger partial charge on any atom is 0.145 e. The largest absolute Gasteiger partial charge is 0.299 e. The van der Waals surface area contributed by atoms with Crippen molar-refractivity contribution >= 4 is 27.5 Å². The van der Waals surface area contributed by atoms with Crippen molar-refractivity contribution in [3.8, 4) is 0 Å². The predicted molar refractivity (Wildman–Crippen MR) is 115 cm³/mol. The highest BCUT2D eigenvalue weighted by atomic mass is 15.0. The minimum Gasteiger partial charge on any atom is -0.299 e. The molecule has 2 heterocycles. The lowest BCUT2D eigenvalue weighted by Crippen LogP contribution is -2.42. The van der Waals surface area contributed by atoms with Crippen molar-refractivity contribution in [3.63, 3.8) is 0 Å². The quantitative estimate of drug-likeness (QED) is 0.349. The first kappa shape index (κ1) is 14.7. The van der Waals surface area contributed by atoms with Crippen molar-refractivity contribution in [2.45, 2.75) is 59.3 Å². The van der Waals surface area contributed by atoms with Crippen LogP contribution in [0.25, 0.3) is 27.5 Å². The SMILES string of the molecule is [2H]c1c2c(c3c(nc4c5cc(C)ccc5ccn43)c1[2H])C(C)(C)C(C)(C)C2(C)C. The third-order valence-electron chi connectivity index (χ3n) is 7.93. The molecule has 27 heavy (non-hydrogen) atoms. The number of fused-ring (bicyclic) bond motifs is 7. The van der Waals surface area contributed by atoms with Crippen LogP contribution in [0.1, 0.15) is 61.0 Å². The summed E-state index contributed by atoms with van der Waals surface area (Å²) in [6.07, 6.45) is 2.08. The minimum absolute atomic E-state index is 0.0730. The number of hydrogen-bond donors (Lipinski definition) is 0. The third-order valence-corrected chi connectivity index (χ3v) is 7.93. The fraction of sp³-hybridized carbons (Fsp3) is 0.400. The van der Waals surface area contributed by atoms with Gasteiger partial charge in [-0.1, -0.05) is 65.3 Å². The number of aromatic nitrogens is 2. The van der Waals surface area contributed by atoms with E-state index in [9.17, 15) is 0 Å². The minimum atomic E-state index is -0.218. The molecule has 0 unspecified atom stereocenters. The van der Waals surface area contributed by atoms with Gasteiger partial charge >= 0.3 is 0 Å². The van der Waals surface area contributed by atoms with Crippen LogP contribution in [-0.2, 0) is 10.8 Å². The highest BCUT2D eigenvalue weighted by molar-refractivity contribution is 5.99. The van der Waals surface area contributed by atoms with Crippen molar-refractivity contribution in [2.24, 2.45) is 5.41 Å². The van der Waals surface area contributed by atoms with Crippen LogP contribution >= 0.6 is 0 Å². The Labute approximate surface area is 164 Å². The van der Waals surface area contributed by atoms with Crippen LogP contribution in [0, 0.1) is 12.3 Å². The van der Waals surface area contributed by atoms with Gasteiger partial charge in [-0.3, -0.25) is 4.40 Å². The van der Waals surface area contributed by atoms with Crippen LogP contribution in [0.5, 0.6) is 0 Å². The zero-order valence-corrected chi connectivity index (χ0v) is 17.3. The summed E-state index contributed by atoms with van der Waals surface area (Å²) in [6, 6.07) is 9.12. The highest BCUT2D eigenvalue weighted by Crippen LogP contribution is 2.62. The maximum absolute atomic E-state index is 8.90. The number of benzene rings is 2. The molecule has 0 spiro atoms. The summed E-state index contributed by atoms with van der Waals surface area (Å²) in [5, 5.41) is 2.24. The summed E-state index contributed by atoms with van der Waals surface area (Å²) in [5.41, 5.74) is 5.46. The van der Waals surface area contributed by atoms with E-state index in [1.165, 1.54) is 11.1 Å². The Balaban J connectivity index is 2.09. The number of imidazole rings is 1. The molecule has 1 aliphatic rings.